The number of rotatable bonds is 11. The Bertz CT molecular complexity index is 826. The van der Waals surface area contributed by atoms with Crippen LogP contribution in [0.2, 0.25) is 0 Å². The second-order valence-electron chi connectivity index (χ2n) is 6.97. The van der Waals surface area contributed by atoms with Gasteiger partial charge in [0.25, 0.3) is 0 Å². The number of hydrogen-bond donors (Lipinski definition) is 2. The zero-order chi connectivity index (χ0) is 21.9. The molecule has 0 aliphatic carbocycles. The SMILES string of the molecule is CCCN(CC(=O)NCc1ccc(OC)c(OC)c1)C(C)C(=O)Nc1ccccc1. The van der Waals surface area contributed by atoms with Gasteiger partial charge in [-0.3, -0.25) is 14.5 Å². The lowest BCUT2D eigenvalue weighted by Crippen LogP contribution is -2.47. The highest BCUT2D eigenvalue weighted by Gasteiger charge is 2.23. The summed E-state index contributed by atoms with van der Waals surface area (Å²) in [7, 11) is 3.15. The molecular formula is C23H31N3O4. The van der Waals surface area contributed by atoms with E-state index in [0.717, 1.165) is 17.7 Å². The van der Waals surface area contributed by atoms with Crippen molar-refractivity contribution in [3.05, 3.63) is 54.1 Å². The van der Waals surface area contributed by atoms with Crippen molar-refractivity contribution in [1.29, 1.82) is 0 Å². The van der Waals surface area contributed by atoms with Gasteiger partial charge in [0.15, 0.2) is 11.5 Å². The molecule has 2 aromatic rings. The van der Waals surface area contributed by atoms with E-state index in [2.05, 4.69) is 10.6 Å². The molecular weight excluding hydrogens is 382 g/mol. The number of para-hydroxylation sites is 1. The Kier molecular flexibility index (Phi) is 9.15. The maximum absolute atomic E-state index is 12.6. The van der Waals surface area contributed by atoms with Gasteiger partial charge >= 0.3 is 0 Å². The summed E-state index contributed by atoms with van der Waals surface area (Å²) >= 11 is 0. The first-order valence-corrected chi connectivity index (χ1v) is 10.1. The monoisotopic (exact) mass is 413 g/mol. The van der Waals surface area contributed by atoms with E-state index in [9.17, 15) is 9.59 Å². The fourth-order valence-electron chi connectivity index (χ4n) is 3.06. The highest BCUT2D eigenvalue weighted by Crippen LogP contribution is 2.27. The van der Waals surface area contributed by atoms with Crippen molar-refractivity contribution in [3.8, 4) is 11.5 Å². The molecule has 1 unspecified atom stereocenters. The van der Waals surface area contributed by atoms with Gasteiger partial charge in [-0.05, 0) is 49.7 Å². The van der Waals surface area contributed by atoms with E-state index in [1.54, 1.807) is 20.3 Å². The van der Waals surface area contributed by atoms with E-state index in [1.807, 2.05) is 61.2 Å². The summed E-state index contributed by atoms with van der Waals surface area (Å²) in [6, 6.07) is 14.4. The summed E-state index contributed by atoms with van der Waals surface area (Å²) in [6.45, 7) is 4.99. The fourth-order valence-corrected chi connectivity index (χ4v) is 3.06. The predicted octanol–water partition coefficient (Wildman–Crippen LogP) is 3.06. The molecule has 162 valence electrons. The lowest BCUT2D eigenvalue weighted by molar-refractivity contribution is -0.125. The minimum Gasteiger partial charge on any atom is -0.493 e. The lowest BCUT2D eigenvalue weighted by Gasteiger charge is -2.27. The molecule has 2 N–H and O–H groups in total. The third-order valence-corrected chi connectivity index (χ3v) is 4.76. The smallest absolute Gasteiger partial charge is 0.241 e. The summed E-state index contributed by atoms with van der Waals surface area (Å²) in [5.74, 6) is 0.975. The standard InChI is InChI=1S/C23H31N3O4/c1-5-13-26(17(2)23(28)25-19-9-7-6-8-10-19)16-22(27)24-15-18-11-12-20(29-3)21(14-18)30-4/h6-12,14,17H,5,13,15-16H2,1-4H3,(H,24,27)(H,25,28). The largest absolute Gasteiger partial charge is 0.493 e. The van der Waals surface area contributed by atoms with Crippen LogP contribution >= 0.6 is 0 Å². The molecule has 0 aliphatic rings. The van der Waals surface area contributed by atoms with Crippen molar-refractivity contribution in [1.82, 2.24) is 10.2 Å². The molecule has 0 fully saturated rings. The van der Waals surface area contributed by atoms with Crippen molar-refractivity contribution in [3.63, 3.8) is 0 Å². The Morgan fingerprint density at radius 2 is 1.73 bits per heavy atom. The van der Waals surface area contributed by atoms with Gasteiger partial charge in [0.1, 0.15) is 0 Å². The van der Waals surface area contributed by atoms with Gasteiger partial charge in [0.2, 0.25) is 11.8 Å². The Morgan fingerprint density at radius 3 is 2.37 bits per heavy atom. The minimum absolute atomic E-state index is 0.137. The molecule has 0 heterocycles. The normalized spacial score (nSPS) is 11.6. The number of carbonyl (C=O) groups excluding carboxylic acids is 2. The molecule has 30 heavy (non-hydrogen) atoms. The predicted molar refractivity (Wildman–Crippen MR) is 118 cm³/mol. The summed E-state index contributed by atoms with van der Waals surface area (Å²) in [6.07, 6.45) is 0.839. The summed E-state index contributed by atoms with van der Waals surface area (Å²) < 4.78 is 10.5. The molecule has 2 aromatic carbocycles. The van der Waals surface area contributed by atoms with Crippen LogP contribution in [-0.4, -0.2) is 50.1 Å². The Morgan fingerprint density at radius 1 is 1.03 bits per heavy atom. The molecule has 0 saturated heterocycles. The first-order chi connectivity index (χ1) is 14.5. The number of hydrogen-bond acceptors (Lipinski definition) is 5. The molecule has 7 nitrogen and oxygen atoms in total. The van der Waals surface area contributed by atoms with Crippen molar-refractivity contribution in [2.45, 2.75) is 32.9 Å². The van der Waals surface area contributed by atoms with Crippen LogP contribution in [0.25, 0.3) is 0 Å². The van der Waals surface area contributed by atoms with Crippen molar-refractivity contribution in [2.24, 2.45) is 0 Å². The second-order valence-corrected chi connectivity index (χ2v) is 6.97. The summed E-state index contributed by atoms with van der Waals surface area (Å²) in [5.41, 5.74) is 1.64. The van der Waals surface area contributed by atoms with E-state index in [4.69, 9.17) is 9.47 Å². The number of anilines is 1. The number of nitrogens with one attached hydrogen (secondary N) is 2. The number of amides is 2. The van der Waals surface area contributed by atoms with Crippen LogP contribution < -0.4 is 20.1 Å². The van der Waals surface area contributed by atoms with E-state index in [0.29, 0.717) is 24.6 Å². The third-order valence-electron chi connectivity index (χ3n) is 4.76. The number of methoxy groups -OCH3 is 2. The first-order valence-electron chi connectivity index (χ1n) is 10.1. The Hall–Kier alpha value is -3.06. The third kappa shape index (κ3) is 6.77. The van der Waals surface area contributed by atoms with E-state index in [-0.39, 0.29) is 18.4 Å². The molecule has 1 atom stereocenters. The molecule has 0 aromatic heterocycles. The minimum atomic E-state index is -0.433. The van der Waals surface area contributed by atoms with Crippen LogP contribution in [0.3, 0.4) is 0 Å². The van der Waals surface area contributed by atoms with Crippen LogP contribution in [0.15, 0.2) is 48.5 Å². The molecule has 0 saturated carbocycles. The van der Waals surface area contributed by atoms with Crippen LogP contribution in [0.4, 0.5) is 5.69 Å². The fraction of sp³-hybridized carbons (Fsp3) is 0.391. The maximum atomic E-state index is 12.6. The van der Waals surface area contributed by atoms with Gasteiger partial charge in [-0.2, -0.15) is 0 Å². The van der Waals surface area contributed by atoms with E-state index in [1.165, 1.54) is 0 Å². The quantitative estimate of drug-likeness (QED) is 0.592. The number of ether oxygens (including phenoxy) is 2. The van der Waals surface area contributed by atoms with E-state index < -0.39 is 6.04 Å². The van der Waals surface area contributed by atoms with Gasteiger partial charge in [-0.1, -0.05) is 31.2 Å². The topological polar surface area (TPSA) is 79.9 Å². The molecule has 0 bridgehead atoms. The molecule has 0 radical (unpaired) electrons. The summed E-state index contributed by atoms with van der Waals surface area (Å²) in [5, 5.41) is 5.81. The highest BCUT2D eigenvalue weighted by molar-refractivity contribution is 5.94. The summed E-state index contributed by atoms with van der Waals surface area (Å²) in [4.78, 5) is 27.0. The maximum Gasteiger partial charge on any atom is 0.241 e. The average Bonchev–Trinajstić information content (AvgIpc) is 2.77. The molecule has 0 spiro atoms. The molecule has 0 aliphatic heterocycles. The highest BCUT2D eigenvalue weighted by atomic mass is 16.5. The second kappa shape index (κ2) is 11.8. The molecule has 7 heteroatoms. The first kappa shape index (κ1) is 23.2. The average molecular weight is 414 g/mol. The van der Waals surface area contributed by atoms with Crippen LogP contribution in [-0.2, 0) is 16.1 Å². The Labute approximate surface area is 178 Å². The van der Waals surface area contributed by atoms with Gasteiger partial charge in [-0.25, -0.2) is 0 Å². The Balaban J connectivity index is 1.93. The molecule has 2 amide bonds. The van der Waals surface area contributed by atoms with Gasteiger partial charge in [0, 0.05) is 12.2 Å². The van der Waals surface area contributed by atoms with Crippen LogP contribution in [0.1, 0.15) is 25.8 Å². The van der Waals surface area contributed by atoms with Crippen LogP contribution in [0.5, 0.6) is 11.5 Å². The van der Waals surface area contributed by atoms with Gasteiger partial charge < -0.3 is 20.1 Å². The van der Waals surface area contributed by atoms with E-state index >= 15 is 0 Å². The van der Waals surface area contributed by atoms with Crippen molar-refractivity contribution < 1.29 is 19.1 Å². The lowest BCUT2D eigenvalue weighted by atomic mass is 10.2. The zero-order valence-corrected chi connectivity index (χ0v) is 18.1. The van der Waals surface area contributed by atoms with Crippen molar-refractivity contribution in [2.75, 3.05) is 32.6 Å². The zero-order valence-electron chi connectivity index (χ0n) is 18.1. The number of nitrogens with zero attached hydrogens (tertiary/aromatic N) is 1. The van der Waals surface area contributed by atoms with Crippen molar-refractivity contribution >= 4 is 17.5 Å². The van der Waals surface area contributed by atoms with Crippen LogP contribution in [0, 0.1) is 0 Å². The molecule has 2 rings (SSSR count). The van der Waals surface area contributed by atoms with Gasteiger partial charge in [0.05, 0.1) is 26.8 Å². The van der Waals surface area contributed by atoms with Gasteiger partial charge in [-0.15, -0.1) is 0 Å². The number of carbonyl (C=O) groups is 2. The number of benzene rings is 2.